The largest absolute Gasteiger partial charge is 0.334 e. The fourth-order valence-electron chi connectivity index (χ4n) is 2.44. The summed E-state index contributed by atoms with van der Waals surface area (Å²) in [4.78, 5) is 18.2. The van der Waals surface area contributed by atoms with Crippen LogP contribution in [0.1, 0.15) is 31.2 Å². The van der Waals surface area contributed by atoms with Gasteiger partial charge in [-0.15, -0.1) is 0 Å². The van der Waals surface area contributed by atoms with E-state index in [1.165, 1.54) is 17.0 Å². The summed E-state index contributed by atoms with van der Waals surface area (Å²) >= 11 is 0. The van der Waals surface area contributed by atoms with E-state index in [2.05, 4.69) is 15.5 Å². The number of nitrogens with zero attached hydrogens (tertiary/aromatic N) is 3. The lowest BCUT2D eigenvalue weighted by Gasteiger charge is -2.18. The van der Waals surface area contributed by atoms with Gasteiger partial charge in [0.2, 0.25) is 0 Å². The summed E-state index contributed by atoms with van der Waals surface area (Å²) in [6.07, 6.45) is 0. The van der Waals surface area contributed by atoms with Gasteiger partial charge in [0, 0.05) is 30.8 Å². The summed E-state index contributed by atoms with van der Waals surface area (Å²) in [6.45, 7) is 4.37. The molecule has 6 nitrogen and oxygen atoms in total. The molecule has 3 aromatic rings. The predicted molar refractivity (Wildman–Crippen MR) is 101 cm³/mol. The van der Waals surface area contributed by atoms with Gasteiger partial charge in [-0.05, 0) is 42.0 Å². The molecule has 0 spiro atoms. The van der Waals surface area contributed by atoms with Crippen LogP contribution in [0, 0.1) is 5.82 Å². The molecule has 7 heteroatoms. The average Bonchev–Trinajstić information content (AvgIpc) is 3.14. The number of hydrogen-bond donors (Lipinski definition) is 1. The van der Waals surface area contributed by atoms with Gasteiger partial charge in [-0.1, -0.05) is 31.1 Å². The highest BCUT2D eigenvalue weighted by atomic mass is 19.1. The number of amides is 2. The number of carbonyl (C=O) groups is 1. The van der Waals surface area contributed by atoms with Crippen molar-refractivity contribution in [2.24, 2.45) is 0 Å². The zero-order valence-corrected chi connectivity index (χ0v) is 15.4. The van der Waals surface area contributed by atoms with Crippen LogP contribution in [0.5, 0.6) is 0 Å². The van der Waals surface area contributed by atoms with E-state index in [0.717, 1.165) is 11.1 Å². The monoisotopic (exact) mass is 368 g/mol. The van der Waals surface area contributed by atoms with E-state index in [1.54, 1.807) is 31.3 Å². The number of carbonyl (C=O) groups excluding carboxylic acids is 1. The maximum atomic E-state index is 13.0. The standard InChI is InChI=1S/C20H21FN4O2/c1-13(2)18-23-19(27-24-18)15-6-10-17(11-7-15)22-20(26)25(3)12-14-4-8-16(21)9-5-14/h4-11,13H,12H2,1-3H3,(H,22,26). The van der Waals surface area contributed by atoms with Crippen LogP contribution in [-0.2, 0) is 6.54 Å². The molecule has 0 radical (unpaired) electrons. The molecular formula is C20H21FN4O2. The number of benzene rings is 2. The number of halogens is 1. The Kier molecular flexibility index (Phi) is 5.49. The van der Waals surface area contributed by atoms with Crippen molar-refractivity contribution >= 4 is 11.7 Å². The molecule has 1 N–H and O–H groups in total. The van der Waals surface area contributed by atoms with E-state index >= 15 is 0 Å². The topological polar surface area (TPSA) is 71.3 Å². The van der Waals surface area contributed by atoms with E-state index in [-0.39, 0.29) is 17.8 Å². The molecule has 2 aromatic carbocycles. The van der Waals surface area contributed by atoms with E-state index in [4.69, 9.17) is 4.52 Å². The zero-order chi connectivity index (χ0) is 19.4. The molecule has 0 aliphatic heterocycles. The molecule has 0 bridgehead atoms. The first kappa shape index (κ1) is 18.6. The summed E-state index contributed by atoms with van der Waals surface area (Å²) in [7, 11) is 1.68. The SMILES string of the molecule is CC(C)c1noc(-c2ccc(NC(=O)N(C)Cc3ccc(F)cc3)cc2)n1. The second-order valence-corrected chi connectivity index (χ2v) is 6.60. The van der Waals surface area contributed by atoms with Gasteiger partial charge in [0.05, 0.1) is 0 Å². The van der Waals surface area contributed by atoms with Gasteiger partial charge in [-0.25, -0.2) is 9.18 Å². The van der Waals surface area contributed by atoms with Crippen molar-refractivity contribution in [2.75, 3.05) is 12.4 Å². The number of aromatic nitrogens is 2. The number of nitrogens with one attached hydrogen (secondary N) is 1. The third kappa shape index (κ3) is 4.69. The van der Waals surface area contributed by atoms with Gasteiger partial charge in [-0.2, -0.15) is 4.98 Å². The maximum absolute atomic E-state index is 13.0. The first-order chi connectivity index (χ1) is 12.9. The van der Waals surface area contributed by atoms with Gasteiger partial charge in [-0.3, -0.25) is 0 Å². The molecule has 2 amide bonds. The molecule has 1 aromatic heterocycles. The summed E-state index contributed by atoms with van der Waals surface area (Å²) in [5, 5.41) is 6.77. The number of hydrogen-bond acceptors (Lipinski definition) is 4. The summed E-state index contributed by atoms with van der Waals surface area (Å²) in [5.41, 5.74) is 2.28. The molecule has 27 heavy (non-hydrogen) atoms. The zero-order valence-electron chi connectivity index (χ0n) is 15.4. The van der Waals surface area contributed by atoms with Gasteiger partial charge >= 0.3 is 6.03 Å². The molecule has 0 aliphatic rings. The third-order valence-corrected chi connectivity index (χ3v) is 4.02. The summed E-state index contributed by atoms with van der Waals surface area (Å²) in [5.74, 6) is 1.00. The van der Waals surface area contributed by atoms with Crippen molar-refractivity contribution in [3.8, 4) is 11.5 Å². The second-order valence-electron chi connectivity index (χ2n) is 6.60. The van der Waals surface area contributed by atoms with Crippen LogP contribution >= 0.6 is 0 Å². The molecule has 0 unspecified atom stereocenters. The Bertz CT molecular complexity index is 904. The minimum atomic E-state index is -0.298. The van der Waals surface area contributed by atoms with E-state index in [1.807, 2.05) is 26.0 Å². The lowest BCUT2D eigenvalue weighted by molar-refractivity contribution is 0.220. The van der Waals surface area contributed by atoms with Crippen LogP contribution in [-0.4, -0.2) is 28.1 Å². The Morgan fingerprint density at radius 2 is 1.81 bits per heavy atom. The third-order valence-electron chi connectivity index (χ3n) is 4.02. The second kappa shape index (κ2) is 7.99. The van der Waals surface area contributed by atoms with Gasteiger partial charge in [0.25, 0.3) is 5.89 Å². The molecule has 0 saturated heterocycles. The highest BCUT2D eigenvalue weighted by molar-refractivity contribution is 5.89. The molecule has 0 saturated carbocycles. The molecule has 140 valence electrons. The van der Waals surface area contributed by atoms with Gasteiger partial charge < -0.3 is 14.7 Å². The fourth-order valence-corrected chi connectivity index (χ4v) is 2.44. The lowest BCUT2D eigenvalue weighted by Crippen LogP contribution is -2.30. The Hall–Kier alpha value is -3.22. The van der Waals surface area contributed by atoms with Crippen molar-refractivity contribution < 1.29 is 13.7 Å². The number of urea groups is 1. The van der Waals surface area contributed by atoms with Crippen LogP contribution in [0.4, 0.5) is 14.9 Å². The predicted octanol–water partition coefficient (Wildman–Crippen LogP) is 4.66. The maximum Gasteiger partial charge on any atom is 0.321 e. The minimum Gasteiger partial charge on any atom is -0.334 e. The number of anilines is 1. The van der Waals surface area contributed by atoms with E-state index in [0.29, 0.717) is 23.9 Å². The Morgan fingerprint density at radius 3 is 2.41 bits per heavy atom. The van der Waals surface area contributed by atoms with Crippen molar-refractivity contribution in [1.29, 1.82) is 0 Å². The molecular weight excluding hydrogens is 347 g/mol. The van der Waals surface area contributed by atoms with Crippen LogP contribution in [0.15, 0.2) is 53.1 Å². The summed E-state index contributed by atoms with van der Waals surface area (Å²) < 4.78 is 18.2. The van der Waals surface area contributed by atoms with Crippen LogP contribution < -0.4 is 5.32 Å². The van der Waals surface area contributed by atoms with Crippen molar-refractivity contribution in [2.45, 2.75) is 26.3 Å². The molecule has 0 atom stereocenters. The highest BCUT2D eigenvalue weighted by Crippen LogP contribution is 2.22. The summed E-state index contributed by atoms with van der Waals surface area (Å²) in [6, 6.07) is 13.0. The fraction of sp³-hybridized carbons (Fsp3) is 0.250. The smallest absolute Gasteiger partial charge is 0.321 e. The minimum absolute atomic E-state index is 0.192. The first-order valence-corrected chi connectivity index (χ1v) is 8.63. The van der Waals surface area contributed by atoms with E-state index in [9.17, 15) is 9.18 Å². The van der Waals surface area contributed by atoms with E-state index < -0.39 is 0 Å². The number of rotatable bonds is 5. The highest BCUT2D eigenvalue weighted by Gasteiger charge is 2.13. The van der Waals surface area contributed by atoms with Crippen molar-refractivity contribution in [3.63, 3.8) is 0 Å². The molecule has 1 heterocycles. The molecule has 0 fully saturated rings. The van der Waals surface area contributed by atoms with Gasteiger partial charge in [0.15, 0.2) is 5.82 Å². The molecule has 0 aliphatic carbocycles. The lowest BCUT2D eigenvalue weighted by atomic mass is 10.2. The first-order valence-electron chi connectivity index (χ1n) is 8.63. The van der Waals surface area contributed by atoms with Crippen molar-refractivity contribution in [3.05, 3.63) is 65.7 Å². The average molecular weight is 368 g/mol. The van der Waals surface area contributed by atoms with Crippen molar-refractivity contribution in [1.82, 2.24) is 15.0 Å². The van der Waals surface area contributed by atoms with Crippen LogP contribution in [0.2, 0.25) is 0 Å². The van der Waals surface area contributed by atoms with Crippen LogP contribution in [0.25, 0.3) is 11.5 Å². The Labute approximate surface area is 157 Å². The Morgan fingerprint density at radius 1 is 1.15 bits per heavy atom. The van der Waals surface area contributed by atoms with Gasteiger partial charge in [0.1, 0.15) is 5.82 Å². The normalized spacial score (nSPS) is 10.9. The Balaban J connectivity index is 1.61. The molecule has 3 rings (SSSR count). The van der Waals surface area contributed by atoms with Crippen LogP contribution in [0.3, 0.4) is 0 Å². The quantitative estimate of drug-likeness (QED) is 0.711.